The molecule has 0 bridgehead atoms. The lowest BCUT2D eigenvalue weighted by Gasteiger charge is -2.39. The number of pyridine rings is 1. The van der Waals surface area contributed by atoms with Gasteiger partial charge in [0.1, 0.15) is 5.82 Å². The van der Waals surface area contributed by atoms with Crippen molar-refractivity contribution in [2.75, 3.05) is 38.1 Å². The molecule has 1 aromatic rings. The van der Waals surface area contributed by atoms with Gasteiger partial charge >= 0.3 is 0 Å². The van der Waals surface area contributed by atoms with Crippen LogP contribution < -0.4 is 10.2 Å². The summed E-state index contributed by atoms with van der Waals surface area (Å²) >= 11 is 3.39. The molecule has 1 aliphatic rings. The molecule has 2 heterocycles. The maximum atomic E-state index is 12.4. The van der Waals surface area contributed by atoms with E-state index in [0.717, 1.165) is 36.5 Å². The molecule has 1 fully saturated rings. The van der Waals surface area contributed by atoms with Gasteiger partial charge in [0, 0.05) is 36.8 Å². The van der Waals surface area contributed by atoms with E-state index in [2.05, 4.69) is 31.1 Å². The third kappa shape index (κ3) is 3.30. The number of likely N-dealkylation sites (N-methyl/N-ethyl adjacent to an activating group) is 1. The first-order valence-electron chi connectivity index (χ1n) is 6.79. The second kappa shape index (κ2) is 6.10. The Labute approximate surface area is 128 Å². The first kappa shape index (κ1) is 15.3. The fourth-order valence-corrected chi connectivity index (χ4v) is 2.43. The summed E-state index contributed by atoms with van der Waals surface area (Å²) in [5, 5.41) is 3.07. The van der Waals surface area contributed by atoms with Crippen molar-refractivity contribution in [1.82, 2.24) is 15.2 Å². The van der Waals surface area contributed by atoms with Crippen LogP contribution >= 0.6 is 15.9 Å². The molecule has 0 spiro atoms. The molecule has 1 aromatic heterocycles. The summed E-state index contributed by atoms with van der Waals surface area (Å²) < 4.78 is 0.978. The van der Waals surface area contributed by atoms with E-state index in [1.54, 1.807) is 6.20 Å². The van der Waals surface area contributed by atoms with E-state index in [-0.39, 0.29) is 5.91 Å². The van der Waals surface area contributed by atoms with Gasteiger partial charge in [-0.25, -0.2) is 4.98 Å². The summed E-state index contributed by atoms with van der Waals surface area (Å²) in [4.78, 5) is 20.9. The molecule has 1 saturated heterocycles. The van der Waals surface area contributed by atoms with E-state index >= 15 is 0 Å². The van der Waals surface area contributed by atoms with Gasteiger partial charge < -0.3 is 15.1 Å². The topological polar surface area (TPSA) is 48.5 Å². The third-order valence-corrected chi connectivity index (χ3v) is 4.23. The molecule has 5 nitrogen and oxygen atoms in total. The van der Waals surface area contributed by atoms with Crippen molar-refractivity contribution in [3.05, 3.63) is 22.8 Å². The molecule has 1 N–H and O–H groups in total. The monoisotopic (exact) mass is 340 g/mol. The molecule has 6 heteroatoms. The van der Waals surface area contributed by atoms with Gasteiger partial charge in [-0.2, -0.15) is 0 Å². The van der Waals surface area contributed by atoms with Crippen molar-refractivity contribution < 1.29 is 4.79 Å². The largest absolute Gasteiger partial charge is 0.353 e. The maximum Gasteiger partial charge on any atom is 0.242 e. The van der Waals surface area contributed by atoms with Gasteiger partial charge in [0.25, 0.3) is 0 Å². The number of nitrogens with zero attached hydrogens (tertiary/aromatic N) is 3. The van der Waals surface area contributed by atoms with E-state index < -0.39 is 5.54 Å². The molecule has 0 aliphatic carbocycles. The zero-order chi connectivity index (χ0) is 14.8. The maximum absolute atomic E-state index is 12.4. The van der Waals surface area contributed by atoms with Crippen LogP contribution in [-0.2, 0) is 4.79 Å². The number of halogens is 1. The zero-order valence-corrected chi connectivity index (χ0v) is 13.8. The van der Waals surface area contributed by atoms with Gasteiger partial charge in [-0.15, -0.1) is 0 Å². The summed E-state index contributed by atoms with van der Waals surface area (Å²) in [6.45, 7) is 6.94. The third-order valence-electron chi connectivity index (χ3n) is 3.76. The van der Waals surface area contributed by atoms with E-state index in [1.807, 2.05) is 37.9 Å². The van der Waals surface area contributed by atoms with Crippen molar-refractivity contribution in [2.24, 2.45) is 0 Å². The van der Waals surface area contributed by atoms with Crippen LogP contribution in [0.3, 0.4) is 0 Å². The quantitative estimate of drug-likeness (QED) is 0.905. The Kier molecular flexibility index (Phi) is 4.65. The van der Waals surface area contributed by atoms with E-state index in [0.29, 0.717) is 0 Å². The van der Waals surface area contributed by atoms with Crippen molar-refractivity contribution in [3.8, 4) is 0 Å². The van der Waals surface area contributed by atoms with Crippen LogP contribution in [0.1, 0.15) is 13.8 Å². The highest BCUT2D eigenvalue weighted by Gasteiger charge is 2.32. The average Bonchev–Trinajstić information content (AvgIpc) is 2.47. The van der Waals surface area contributed by atoms with E-state index in [4.69, 9.17) is 0 Å². The van der Waals surface area contributed by atoms with E-state index in [1.165, 1.54) is 0 Å². The number of hydrogen-bond donors (Lipinski definition) is 1. The summed E-state index contributed by atoms with van der Waals surface area (Å²) in [5.41, 5.74) is -0.502. The highest BCUT2D eigenvalue weighted by atomic mass is 79.9. The molecule has 2 rings (SSSR count). The molecule has 1 amide bonds. The normalized spacial score (nSPS) is 16.4. The summed E-state index contributed by atoms with van der Waals surface area (Å²) in [7, 11) is 1.82. The number of piperazine rings is 1. The molecule has 110 valence electrons. The SMILES string of the molecule is CNC(C)(C)C(=O)N1CCN(c2ccc(Br)cn2)CC1. The lowest BCUT2D eigenvalue weighted by molar-refractivity contribution is -0.137. The number of nitrogens with one attached hydrogen (secondary N) is 1. The minimum Gasteiger partial charge on any atom is -0.353 e. The molecule has 0 saturated carbocycles. The highest BCUT2D eigenvalue weighted by molar-refractivity contribution is 9.10. The van der Waals surface area contributed by atoms with Crippen LogP contribution in [0.2, 0.25) is 0 Å². The molecule has 1 aliphatic heterocycles. The Morgan fingerprint density at radius 2 is 1.95 bits per heavy atom. The van der Waals surface area contributed by atoms with Gasteiger partial charge in [0.15, 0.2) is 0 Å². The van der Waals surface area contributed by atoms with E-state index in [9.17, 15) is 4.79 Å². The zero-order valence-electron chi connectivity index (χ0n) is 12.2. The molecule has 20 heavy (non-hydrogen) atoms. The van der Waals surface area contributed by atoms with Crippen molar-refractivity contribution in [3.63, 3.8) is 0 Å². The predicted molar refractivity (Wildman–Crippen MR) is 83.9 cm³/mol. The second-order valence-corrected chi connectivity index (χ2v) is 6.40. The minimum atomic E-state index is -0.502. The molecule has 0 unspecified atom stereocenters. The Morgan fingerprint density at radius 3 is 2.45 bits per heavy atom. The van der Waals surface area contributed by atoms with Crippen LogP contribution in [0.15, 0.2) is 22.8 Å². The molecule has 0 aromatic carbocycles. The first-order valence-corrected chi connectivity index (χ1v) is 7.58. The molecular formula is C14H21BrN4O. The van der Waals surface area contributed by atoms with Crippen LogP contribution in [0.5, 0.6) is 0 Å². The second-order valence-electron chi connectivity index (χ2n) is 5.49. The van der Waals surface area contributed by atoms with Gasteiger partial charge in [0.05, 0.1) is 5.54 Å². The van der Waals surface area contributed by atoms with Crippen LogP contribution in [-0.4, -0.2) is 54.6 Å². The Morgan fingerprint density at radius 1 is 1.30 bits per heavy atom. The molecular weight excluding hydrogens is 320 g/mol. The number of hydrogen-bond acceptors (Lipinski definition) is 4. The molecule has 0 atom stereocenters. The molecule has 0 radical (unpaired) electrons. The smallest absolute Gasteiger partial charge is 0.242 e. The van der Waals surface area contributed by atoms with Crippen molar-refractivity contribution in [2.45, 2.75) is 19.4 Å². The number of rotatable bonds is 3. The Hall–Kier alpha value is -1.14. The first-order chi connectivity index (χ1) is 9.44. The van der Waals surface area contributed by atoms with Crippen molar-refractivity contribution in [1.29, 1.82) is 0 Å². The minimum absolute atomic E-state index is 0.156. The van der Waals surface area contributed by atoms with Crippen molar-refractivity contribution >= 4 is 27.7 Å². The number of amides is 1. The fraction of sp³-hybridized carbons (Fsp3) is 0.571. The highest BCUT2D eigenvalue weighted by Crippen LogP contribution is 2.17. The van der Waals surface area contributed by atoms with Gasteiger partial charge in [0.2, 0.25) is 5.91 Å². The van der Waals surface area contributed by atoms with Gasteiger partial charge in [-0.3, -0.25) is 4.79 Å². The summed E-state index contributed by atoms with van der Waals surface area (Å²) in [6.07, 6.45) is 1.80. The number of carbonyl (C=O) groups excluding carboxylic acids is 1. The van der Waals surface area contributed by atoms with Crippen LogP contribution in [0.4, 0.5) is 5.82 Å². The lowest BCUT2D eigenvalue weighted by atomic mass is 10.0. The van der Waals surface area contributed by atoms with Gasteiger partial charge in [-0.05, 0) is 49.0 Å². The standard InChI is InChI=1S/C14H21BrN4O/c1-14(2,16-3)13(20)19-8-6-18(7-9-19)12-5-4-11(15)10-17-12/h4-5,10,16H,6-9H2,1-3H3. The van der Waals surface area contributed by atoms with Crippen LogP contribution in [0.25, 0.3) is 0 Å². The van der Waals surface area contributed by atoms with Crippen LogP contribution in [0, 0.1) is 0 Å². The Balaban J connectivity index is 1.96. The predicted octanol–water partition coefficient (Wildman–Crippen LogP) is 1.49. The number of anilines is 1. The Bertz CT molecular complexity index is 467. The fourth-order valence-electron chi connectivity index (χ4n) is 2.20. The number of carbonyl (C=O) groups is 1. The van der Waals surface area contributed by atoms with Gasteiger partial charge in [-0.1, -0.05) is 0 Å². The number of aromatic nitrogens is 1. The summed E-state index contributed by atoms with van der Waals surface area (Å²) in [6, 6.07) is 3.99. The lowest BCUT2D eigenvalue weighted by Crippen LogP contribution is -2.58. The average molecular weight is 341 g/mol. The summed E-state index contributed by atoms with van der Waals surface area (Å²) in [5.74, 6) is 1.12.